The Morgan fingerprint density at radius 2 is 1.77 bits per heavy atom. The summed E-state index contributed by atoms with van der Waals surface area (Å²) in [5, 5.41) is 3.85. The van der Waals surface area contributed by atoms with Gasteiger partial charge in [-0.15, -0.1) is 0 Å². The summed E-state index contributed by atoms with van der Waals surface area (Å²) >= 11 is 0. The molecule has 2 aromatic carbocycles. The first kappa shape index (κ1) is 16.4. The van der Waals surface area contributed by atoms with Gasteiger partial charge in [0.15, 0.2) is 5.82 Å². The molecule has 0 aliphatic carbocycles. The number of aromatic nitrogens is 4. The quantitative estimate of drug-likeness (QED) is 0.592. The van der Waals surface area contributed by atoms with Gasteiger partial charge in [0.2, 0.25) is 0 Å². The van der Waals surface area contributed by atoms with Crippen molar-refractivity contribution in [2.24, 2.45) is 7.05 Å². The third-order valence-electron chi connectivity index (χ3n) is 4.42. The second kappa shape index (κ2) is 6.33. The van der Waals surface area contributed by atoms with Gasteiger partial charge in [0, 0.05) is 12.4 Å². The van der Waals surface area contributed by atoms with Gasteiger partial charge in [-0.2, -0.15) is 0 Å². The number of hydrogen-bond acceptors (Lipinski definition) is 4. The third kappa shape index (κ3) is 2.75. The fourth-order valence-electron chi connectivity index (χ4n) is 3.16. The van der Waals surface area contributed by atoms with Crippen LogP contribution in [0.15, 0.2) is 42.5 Å². The van der Waals surface area contributed by atoms with Gasteiger partial charge in [-0.25, -0.2) is 23.7 Å². The van der Waals surface area contributed by atoms with Gasteiger partial charge >= 0.3 is 0 Å². The molecule has 0 aliphatic heterocycles. The van der Waals surface area contributed by atoms with Crippen molar-refractivity contribution in [3.63, 3.8) is 0 Å². The zero-order valence-corrected chi connectivity index (χ0v) is 14.4. The minimum Gasteiger partial charge on any atom is -0.362 e. The van der Waals surface area contributed by atoms with Gasteiger partial charge < -0.3 is 9.88 Å². The lowest BCUT2D eigenvalue weighted by atomic mass is 10.2. The summed E-state index contributed by atoms with van der Waals surface area (Å²) in [6.07, 6.45) is -2.72. The molecule has 0 fully saturated rings. The fraction of sp³-hybridized carbons (Fsp3) is 0.211. The molecule has 4 rings (SSSR count). The standard InChI is InChI=1S/C19H17F2N5/c1-11-6-5-9-14-16(11)26(2)15(23-14)10-22-18-12-7-3-4-8-13(12)24-19(25-18)17(20)21/h3-9,17H,10H2,1-2H3,(H,22,24,25). The summed E-state index contributed by atoms with van der Waals surface area (Å²) in [6.45, 7) is 2.41. The Hall–Kier alpha value is -3.09. The molecule has 0 saturated heterocycles. The predicted molar refractivity (Wildman–Crippen MR) is 97.3 cm³/mol. The van der Waals surface area contributed by atoms with Crippen LogP contribution in [-0.2, 0) is 13.6 Å². The predicted octanol–water partition coefficient (Wildman–Crippen LogP) is 4.37. The maximum absolute atomic E-state index is 13.1. The van der Waals surface area contributed by atoms with Crippen molar-refractivity contribution in [3.8, 4) is 0 Å². The molecule has 0 amide bonds. The monoisotopic (exact) mass is 353 g/mol. The molecule has 0 spiro atoms. The van der Waals surface area contributed by atoms with Gasteiger partial charge in [-0.05, 0) is 30.7 Å². The highest BCUT2D eigenvalue weighted by atomic mass is 19.3. The first-order valence-electron chi connectivity index (χ1n) is 8.24. The van der Waals surface area contributed by atoms with E-state index in [1.807, 2.05) is 48.9 Å². The van der Waals surface area contributed by atoms with Crippen molar-refractivity contribution in [1.29, 1.82) is 0 Å². The van der Waals surface area contributed by atoms with Crippen LogP contribution in [0.2, 0.25) is 0 Å². The van der Waals surface area contributed by atoms with Crippen LogP contribution in [-0.4, -0.2) is 19.5 Å². The van der Waals surface area contributed by atoms with Crippen LogP contribution in [0.3, 0.4) is 0 Å². The molecule has 0 bridgehead atoms. The average molecular weight is 353 g/mol. The number of alkyl halides is 2. The smallest absolute Gasteiger partial charge is 0.297 e. The molecule has 1 N–H and O–H groups in total. The number of nitrogens with one attached hydrogen (secondary N) is 1. The molecule has 0 saturated carbocycles. The topological polar surface area (TPSA) is 55.6 Å². The SMILES string of the molecule is Cc1cccc2nc(CNc3nc(C(F)F)nc4ccccc34)n(C)c12. The molecular weight excluding hydrogens is 336 g/mol. The van der Waals surface area contributed by atoms with E-state index in [1.165, 1.54) is 0 Å². The number of benzene rings is 2. The average Bonchev–Trinajstić information content (AvgIpc) is 2.96. The van der Waals surface area contributed by atoms with E-state index >= 15 is 0 Å². The van der Waals surface area contributed by atoms with Crippen molar-refractivity contribution in [2.45, 2.75) is 19.9 Å². The number of hydrogen-bond donors (Lipinski definition) is 1. The molecule has 132 valence electrons. The van der Waals surface area contributed by atoms with Crippen LogP contribution in [0.25, 0.3) is 21.9 Å². The normalized spacial score (nSPS) is 11.6. The van der Waals surface area contributed by atoms with E-state index in [4.69, 9.17) is 0 Å². The highest BCUT2D eigenvalue weighted by Crippen LogP contribution is 2.25. The van der Waals surface area contributed by atoms with E-state index in [2.05, 4.69) is 20.3 Å². The lowest BCUT2D eigenvalue weighted by Gasteiger charge is -2.11. The molecule has 0 aliphatic rings. The first-order chi connectivity index (χ1) is 12.5. The van der Waals surface area contributed by atoms with Gasteiger partial charge in [0.25, 0.3) is 6.43 Å². The molecule has 0 atom stereocenters. The number of para-hydroxylation sites is 2. The van der Waals surface area contributed by atoms with Crippen LogP contribution in [0.5, 0.6) is 0 Å². The van der Waals surface area contributed by atoms with E-state index in [0.717, 1.165) is 22.4 Å². The van der Waals surface area contributed by atoms with E-state index in [-0.39, 0.29) is 0 Å². The Balaban J connectivity index is 1.72. The highest BCUT2D eigenvalue weighted by Gasteiger charge is 2.16. The van der Waals surface area contributed by atoms with Crippen LogP contribution < -0.4 is 5.32 Å². The Kier molecular flexibility index (Phi) is 3.99. The van der Waals surface area contributed by atoms with Crippen LogP contribution in [0.1, 0.15) is 23.6 Å². The van der Waals surface area contributed by atoms with Crippen molar-refractivity contribution >= 4 is 27.8 Å². The minimum atomic E-state index is -2.72. The van der Waals surface area contributed by atoms with Crippen molar-refractivity contribution in [1.82, 2.24) is 19.5 Å². The van der Waals surface area contributed by atoms with Crippen molar-refractivity contribution in [2.75, 3.05) is 5.32 Å². The first-order valence-corrected chi connectivity index (χ1v) is 8.24. The molecule has 0 radical (unpaired) electrons. The van der Waals surface area contributed by atoms with Crippen molar-refractivity contribution < 1.29 is 8.78 Å². The lowest BCUT2D eigenvalue weighted by molar-refractivity contribution is 0.141. The number of rotatable bonds is 4. The Morgan fingerprint density at radius 1 is 1.00 bits per heavy atom. The second-order valence-electron chi connectivity index (χ2n) is 6.13. The summed E-state index contributed by atoms with van der Waals surface area (Å²) < 4.78 is 28.2. The number of aryl methyl sites for hydroxylation is 2. The number of anilines is 1. The maximum atomic E-state index is 13.1. The van der Waals surface area contributed by atoms with E-state index in [1.54, 1.807) is 12.1 Å². The number of imidazole rings is 1. The summed E-state index contributed by atoms with van der Waals surface area (Å²) in [4.78, 5) is 12.6. The van der Waals surface area contributed by atoms with Gasteiger partial charge in [-0.1, -0.05) is 24.3 Å². The fourth-order valence-corrected chi connectivity index (χ4v) is 3.16. The number of fused-ring (bicyclic) bond motifs is 2. The summed E-state index contributed by atoms with van der Waals surface area (Å²) in [5.41, 5.74) is 3.59. The minimum absolute atomic E-state index is 0.369. The Bertz CT molecular complexity index is 1100. The summed E-state index contributed by atoms with van der Waals surface area (Å²) in [6, 6.07) is 13.1. The molecule has 2 aromatic heterocycles. The largest absolute Gasteiger partial charge is 0.362 e. The van der Waals surface area contributed by atoms with Gasteiger partial charge in [0.1, 0.15) is 11.6 Å². The molecule has 0 unspecified atom stereocenters. The zero-order chi connectivity index (χ0) is 18.3. The molecule has 4 aromatic rings. The van der Waals surface area contributed by atoms with Gasteiger partial charge in [0.05, 0.1) is 23.1 Å². The maximum Gasteiger partial charge on any atom is 0.297 e. The second-order valence-corrected chi connectivity index (χ2v) is 6.13. The Labute approximate surface area is 148 Å². The van der Waals surface area contributed by atoms with Crippen LogP contribution in [0.4, 0.5) is 14.6 Å². The highest BCUT2D eigenvalue weighted by molar-refractivity contribution is 5.89. The molecule has 5 nitrogen and oxygen atoms in total. The number of nitrogens with zero attached hydrogens (tertiary/aromatic N) is 4. The summed E-state index contributed by atoms with van der Waals surface area (Å²) in [7, 11) is 1.95. The molecule has 26 heavy (non-hydrogen) atoms. The zero-order valence-electron chi connectivity index (χ0n) is 14.4. The molecule has 2 heterocycles. The third-order valence-corrected chi connectivity index (χ3v) is 4.42. The molecule has 7 heteroatoms. The van der Waals surface area contributed by atoms with Gasteiger partial charge in [-0.3, -0.25) is 0 Å². The van der Waals surface area contributed by atoms with Crippen molar-refractivity contribution in [3.05, 3.63) is 59.7 Å². The van der Waals surface area contributed by atoms with Crippen LogP contribution >= 0.6 is 0 Å². The Morgan fingerprint density at radius 3 is 2.54 bits per heavy atom. The summed E-state index contributed by atoms with van der Waals surface area (Å²) in [5.74, 6) is 0.706. The van der Waals surface area contributed by atoms with E-state index in [9.17, 15) is 8.78 Å². The van der Waals surface area contributed by atoms with Crippen LogP contribution in [0, 0.1) is 6.92 Å². The van der Waals surface area contributed by atoms with E-state index in [0.29, 0.717) is 23.3 Å². The number of halogens is 2. The molecular formula is C19H17F2N5. The lowest BCUT2D eigenvalue weighted by Crippen LogP contribution is -2.09. The van der Waals surface area contributed by atoms with E-state index < -0.39 is 12.2 Å².